The van der Waals surface area contributed by atoms with Gasteiger partial charge in [0, 0.05) is 19.0 Å². The highest BCUT2D eigenvalue weighted by Crippen LogP contribution is 2.32. The van der Waals surface area contributed by atoms with Gasteiger partial charge in [-0.1, -0.05) is 20.8 Å². The van der Waals surface area contributed by atoms with E-state index in [1.807, 2.05) is 39.3 Å². The number of hydrogen-bond acceptors (Lipinski definition) is 4. The number of nitrogens with two attached hydrogens (primary N) is 1. The topological polar surface area (TPSA) is 77.0 Å². The molecule has 0 fully saturated rings. The van der Waals surface area contributed by atoms with Crippen molar-refractivity contribution in [1.82, 2.24) is 14.8 Å². The summed E-state index contributed by atoms with van der Waals surface area (Å²) in [6.45, 7) is 10.2. The van der Waals surface area contributed by atoms with Crippen LogP contribution in [0.15, 0.2) is 6.33 Å². The fourth-order valence-electron chi connectivity index (χ4n) is 1.74. The molecule has 0 spiro atoms. The molecule has 0 saturated heterocycles. The minimum absolute atomic E-state index is 0.210. The van der Waals surface area contributed by atoms with Crippen LogP contribution in [-0.4, -0.2) is 32.0 Å². The van der Waals surface area contributed by atoms with Gasteiger partial charge in [-0.2, -0.15) is 5.10 Å². The molecule has 98 valence electrons. The number of nitrogens with zero attached hydrogens (tertiary/aromatic N) is 3. The number of hydrogen-bond donors (Lipinski definition) is 2. The van der Waals surface area contributed by atoms with Crippen molar-refractivity contribution in [3.8, 4) is 0 Å². The van der Waals surface area contributed by atoms with E-state index in [0.29, 0.717) is 6.42 Å². The summed E-state index contributed by atoms with van der Waals surface area (Å²) in [7, 11) is 0. The number of rotatable bonds is 4. The van der Waals surface area contributed by atoms with Gasteiger partial charge in [0.15, 0.2) is 0 Å². The minimum atomic E-state index is -0.966. The maximum Gasteiger partial charge on any atom is 0.138 e. The van der Waals surface area contributed by atoms with Crippen molar-refractivity contribution in [2.75, 3.05) is 6.54 Å². The van der Waals surface area contributed by atoms with Gasteiger partial charge in [0.2, 0.25) is 0 Å². The minimum Gasteiger partial charge on any atom is -0.388 e. The highest BCUT2D eigenvalue weighted by atomic mass is 16.3. The third kappa shape index (κ3) is 2.84. The quantitative estimate of drug-likeness (QED) is 0.827. The molecule has 0 amide bonds. The second-order valence-corrected chi connectivity index (χ2v) is 5.88. The van der Waals surface area contributed by atoms with Crippen molar-refractivity contribution in [3.05, 3.63) is 12.2 Å². The summed E-state index contributed by atoms with van der Waals surface area (Å²) in [6, 6.07) is 0.231. The molecule has 1 atom stereocenters. The van der Waals surface area contributed by atoms with Gasteiger partial charge in [0.05, 0.1) is 5.60 Å². The first-order valence-electron chi connectivity index (χ1n) is 6.02. The first-order chi connectivity index (χ1) is 7.71. The van der Waals surface area contributed by atoms with Crippen LogP contribution in [0, 0.1) is 5.41 Å². The van der Waals surface area contributed by atoms with E-state index in [2.05, 4.69) is 10.1 Å². The Bertz CT molecular complexity index is 367. The summed E-state index contributed by atoms with van der Waals surface area (Å²) in [6.07, 6.45) is 1.94. The van der Waals surface area contributed by atoms with Crippen molar-refractivity contribution >= 4 is 0 Å². The van der Waals surface area contributed by atoms with Crippen LogP contribution in [0.4, 0.5) is 0 Å². The molecule has 1 unspecified atom stereocenters. The van der Waals surface area contributed by atoms with Gasteiger partial charge in [0.25, 0.3) is 0 Å². The molecular weight excluding hydrogens is 216 g/mol. The van der Waals surface area contributed by atoms with E-state index < -0.39 is 5.60 Å². The molecule has 3 N–H and O–H groups in total. The van der Waals surface area contributed by atoms with E-state index in [1.165, 1.54) is 6.33 Å². The van der Waals surface area contributed by atoms with Gasteiger partial charge in [-0.3, -0.25) is 0 Å². The number of aliphatic hydroxyl groups is 1. The van der Waals surface area contributed by atoms with Crippen molar-refractivity contribution in [2.45, 2.75) is 52.7 Å². The third-order valence-corrected chi connectivity index (χ3v) is 3.32. The molecule has 0 saturated carbocycles. The van der Waals surface area contributed by atoms with Crippen molar-refractivity contribution < 1.29 is 5.11 Å². The zero-order chi connectivity index (χ0) is 13.3. The Morgan fingerprint density at radius 3 is 2.41 bits per heavy atom. The Morgan fingerprint density at radius 1 is 1.41 bits per heavy atom. The van der Waals surface area contributed by atoms with Gasteiger partial charge < -0.3 is 10.8 Å². The molecule has 0 aliphatic rings. The van der Waals surface area contributed by atoms with E-state index in [-0.39, 0.29) is 18.0 Å². The van der Waals surface area contributed by atoms with E-state index >= 15 is 0 Å². The molecule has 1 heterocycles. The Morgan fingerprint density at radius 2 is 2.00 bits per heavy atom. The van der Waals surface area contributed by atoms with Crippen molar-refractivity contribution in [1.29, 1.82) is 0 Å². The van der Waals surface area contributed by atoms with Gasteiger partial charge >= 0.3 is 0 Å². The van der Waals surface area contributed by atoms with Crippen LogP contribution in [0.5, 0.6) is 0 Å². The fourth-order valence-corrected chi connectivity index (χ4v) is 1.74. The average molecular weight is 240 g/mol. The maximum atomic E-state index is 10.6. The van der Waals surface area contributed by atoms with Gasteiger partial charge in [0.1, 0.15) is 12.2 Å². The standard InChI is InChI=1S/C12H24N4O/c1-9(2)16-10(14-8-15-16)6-12(17,7-13)11(3,4)5/h8-9,17H,6-7,13H2,1-5H3. The lowest BCUT2D eigenvalue weighted by Gasteiger charge is -2.39. The Hall–Kier alpha value is -0.940. The van der Waals surface area contributed by atoms with Crippen LogP contribution < -0.4 is 5.73 Å². The molecular formula is C12H24N4O. The average Bonchev–Trinajstić information content (AvgIpc) is 2.63. The lowest BCUT2D eigenvalue weighted by molar-refractivity contribution is -0.0513. The van der Waals surface area contributed by atoms with Crippen LogP contribution >= 0.6 is 0 Å². The molecule has 1 aromatic rings. The lowest BCUT2D eigenvalue weighted by atomic mass is 9.74. The van der Waals surface area contributed by atoms with Crippen LogP contribution in [0.2, 0.25) is 0 Å². The van der Waals surface area contributed by atoms with E-state index in [4.69, 9.17) is 5.73 Å². The summed E-state index contributed by atoms with van der Waals surface area (Å²) in [5.41, 5.74) is 4.47. The zero-order valence-corrected chi connectivity index (χ0v) is 11.4. The smallest absolute Gasteiger partial charge is 0.138 e. The van der Waals surface area contributed by atoms with Crippen LogP contribution in [-0.2, 0) is 6.42 Å². The zero-order valence-electron chi connectivity index (χ0n) is 11.4. The predicted molar refractivity (Wildman–Crippen MR) is 67.6 cm³/mol. The fraction of sp³-hybridized carbons (Fsp3) is 0.833. The Labute approximate surface area is 103 Å². The lowest BCUT2D eigenvalue weighted by Crippen LogP contribution is -2.51. The summed E-state index contributed by atoms with van der Waals surface area (Å²) in [5, 5.41) is 14.8. The Balaban J connectivity index is 3.00. The van der Waals surface area contributed by atoms with E-state index in [9.17, 15) is 5.11 Å². The predicted octanol–water partition coefficient (Wildman–Crippen LogP) is 1.14. The van der Waals surface area contributed by atoms with Gasteiger partial charge in [-0.25, -0.2) is 9.67 Å². The molecule has 0 radical (unpaired) electrons. The SMILES string of the molecule is CC(C)n1ncnc1CC(O)(CN)C(C)(C)C. The monoisotopic (exact) mass is 240 g/mol. The first kappa shape index (κ1) is 14.1. The summed E-state index contributed by atoms with van der Waals surface area (Å²) in [5.74, 6) is 0.780. The summed E-state index contributed by atoms with van der Waals surface area (Å²) >= 11 is 0. The van der Waals surface area contributed by atoms with E-state index in [1.54, 1.807) is 0 Å². The van der Waals surface area contributed by atoms with Crippen LogP contribution in [0.25, 0.3) is 0 Å². The molecule has 5 heteroatoms. The van der Waals surface area contributed by atoms with Crippen molar-refractivity contribution in [3.63, 3.8) is 0 Å². The second-order valence-electron chi connectivity index (χ2n) is 5.88. The molecule has 0 bridgehead atoms. The second kappa shape index (κ2) is 4.74. The van der Waals surface area contributed by atoms with Crippen LogP contribution in [0.3, 0.4) is 0 Å². The molecule has 0 aliphatic carbocycles. The molecule has 1 rings (SSSR count). The maximum absolute atomic E-state index is 10.6. The molecule has 1 aromatic heterocycles. The third-order valence-electron chi connectivity index (χ3n) is 3.32. The van der Waals surface area contributed by atoms with E-state index in [0.717, 1.165) is 5.82 Å². The van der Waals surface area contributed by atoms with Crippen molar-refractivity contribution in [2.24, 2.45) is 11.1 Å². The normalized spacial score (nSPS) is 16.2. The molecule has 0 aromatic carbocycles. The largest absolute Gasteiger partial charge is 0.388 e. The highest BCUT2D eigenvalue weighted by Gasteiger charge is 2.40. The molecule has 5 nitrogen and oxygen atoms in total. The molecule has 17 heavy (non-hydrogen) atoms. The van der Waals surface area contributed by atoms with Crippen LogP contribution in [0.1, 0.15) is 46.5 Å². The summed E-state index contributed by atoms with van der Waals surface area (Å²) < 4.78 is 1.83. The van der Waals surface area contributed by atoms with Gasteiger partial charge in [-0.05, 0) is 19.3 Å². The first-order valence-corrected chi connectivity index (χ1v) is 6.02. The summed E-state index contributed by atoms with van der Waals surface area (Å²) in [4.78, 5) is 4.22. The van der Waals surface area contributed by atoms with Gasteiger partial charge in [-0.15, -0.1) is 0 Å². The highest BCUT2D eigenvalue weighted by molar-refractivity contribution is 5.01. The number of aromatic nitrogens is 3. The Kier molecular flexibility index (Phi) is 3.94. The molecule has 0 aliphatic heterocycles.